The summed E-state index contributed by atoms with van der Waals surface area (Å²) in [5.74, 6) is -0.831. The Morgan fingerprint density at radius 1 is 1.26 bits per heavy atom. The van der Waals surface area contributed by atoms with Crippen LogP contribution in [0.3, 0.4) is 0 Å². The van der Waals surface area contributed by atoms with Gasteiger partial charge in [-0.1, -0.05) is 32.1 Å². The fourth-order valence-corrected chi connectivity index (χ4v) is 3.12. The monoisotopic (exact) mass is 283 g/mol. The molecule has 0 radical (unpaired) electrons. The van der Waals surface area contributed by atoms with Gasteiger partial charge in [-0.3, -0.25) is 4.79 Å². The molecule has 5 nitrogen and oxygen atoms in total. The third kappa shape index (κ3) is 3.65. The molecular weight excluding hydrogens is 262 g/mol. The maximum Gasteiger partial charge on any atom is 0.306 e. The first-order chi connectivity index (χ1) is 8.86. The highest BCUT2D eigenvalue weighted by molar-refractivity contribution is 7.15. The summed E-state index contributed by atoms with van der Waals surface area (Å²) >= 11 is 1.59. The summed E-state index contributed by atoms with van der Waals surface area (Å²) in [6.07, 6.45) is 3.28. The highest BCUT2D eigenvalue weighted by atomic mass is 32.1. The maximum absolute atomic E-state index is 10.9. The van der Waals surface area contributed by atoms with Gasteiger partial charge in [-0.05, 0) is 25.7 Å². The number of nitrogens with zero attached hydrogens (tertiary/aromatic N) is 2. The summed E-state index contributed by atoms with van der Waals surface area (Å²) in [5.41, 5.74) is 0.0264. The van der Waals surface area contributed by atoms with Gasteiger partial charge in [-0.25, -0.2) is 0 Å². The molecule has 0 bridgehead atoms. The van der Waals surface area contributed by atoms with Crippen LogP contribution in [-0.2, 0) is 10.2 Å². The molecule has 1 heterocycles. The zero-order valence-corrected chi connectivity index (χ0v) is 12.5. The molecule has 1 aromatic rings. The summed E-state index contributed by atoms with van der Waals surface area (Å²) in [5, 5.41) is 22.6. The molecule has 106 valence electrons. The number of hydrogen-bond acceptors (Lipinski definition) is 5. The van der Waals surface area contributed by atoms with Crippen molar-refractivity contribution in [3.63, 3.8) is 0 Å². The molecule has 0 unspecified atom stereocenters. The number of carboxylic acid groups (broad SMARTS) is 1. The molecule has 1 saturated carbocycles. The van der Waals surface area contributed by atoms with E-state index in [-0.39, 0.29) is 11.3 Å². The van der Waals surface area contributed by atoms with Crippen LogP contribution in [0, 0.1) is 5.92 Å². The highest BCUT2D eigenvalue weighted by Gasteiger charge is 2.27. The van der Waals surface area contributed by atoms with Crippen molar-refractivity contribution in [1.29, 1.82) is 0 Å². The van der Waals surface area contributed by atoms with Gasteiger partial charge in [-0.2, -0.15) is 0 Å². The fraction of sp³-hybridized carbons (Fsp3) is 0.769. The summed E-state index contributed by atoms with van der Waals surface area (Å²) in [6, 6.07) is 0.330. The second-order valence-corrected chi connectivity index (χ2v) is 7.17. The number of anilines is 1. The standard InChI is InChI=1S/C13H21N3O2S/c1-13(2,3)11-15-16-12(19-11)14-9-6-4-8(5-7-9)10(17)18/h8-9H,4-7H2,1-3H3,(H,14,16)(H,17,18). The molecule has 2 rings (SSSR count). The smallest absolute Gasteiger partial charge is 0.306 e. The molecule has 0 atom stereocenters. The number of carbonyl (C=O) groups is 1. The Morgan fingerprint density at radius 3 is 2.37 bits per heavy atom. The van der Waals surface area contributed by atoms with Crippen LogP contribution in [0.25, 0.3) is 0 Å². The molecule has 0 aliphatic heterocycles. The van der Waals surface area contributed by atoms with Gasteiger partial charge in [0.2, 0.25) is 5.13 Å². The minimum absolute atomic E-state index is 0.0264. The van der Waals surface area contributed by atoms with Crippen LogP contribution in [0.5, 0.6) is 0 Å². The molecule has 1 aromatic heterocycles. The quantitative estimate of drug-likeness (QED) is 0.892. The Labute approximate surface area is 117 Å². The first kappa shape index (κ1) is 14.2. The predicted molar refractivity (Wildman–Crippen MR) is 75.6 cm³/mol. The summed E-state index contributed by atoms with van der Waals surface area (Å²) < 4.78 is 0. The SMILES string of the molecule is CC(C)(C)c1nnc(NC2CCC(C(=O)O)CC2)s1. The van der Waals surface area contributed by atoms with Crippen LogP contribution < -0.4 is 5.32 Å². The maximum atomic E-state index is 10.9. The third-order valence-corrected chi connectivity index (χ3v) is 4.75. The molecule has 0 aromatic carbocycles. The average Bonchev–Trinajstić information content (AvgIpc) is 2.78. The van der Waals surface area contributed by atoms with Crippen molar-refractivity contribution in [1.82, 2.24) is 10.2 Å². The topological polar surface area (TPSA) is 75.1 Å². The Bertz CT molecular complexity index is 445. The number of rotatable bonds is 3. The lowest BCUT2D eigenvalue weighted by atomic mass is 9.86. The molecule has 2 N–H and O–H groups in total. The molecule has 1 fully saturated rings. The Kier molecular flexibility index (Phi) is 4.08. The van der Waals surface area contributed by atoms with Crippen molar-refractivity contribution in [3.05, 3.63) is 5.01 Å². The second-order valence-electron chi connectivity index (χ2n) is 6.19. The third-order valence-electron chi connectivity index (χ3n) is 3.47. The van der Waals surface area contributed by atoms with Crippen molar-refractivity contribution in [2.24, 2.45) is 5.92 Å². The van der Waals surface area contributed by atoms with E-state index in [0.717, 1.165) is 35.8 Å². The molecule has 0 saturated heterocycles. The summed E-state index contributed by atoms with van der Waals surface area (Å²) in [6.45, 7) is 6.36. The molecule has 19 heavy (non-hydrogen) atoms. The van der Waals surface area contributed by atoms with Crippen LogP contribution in [-0.4, -0.2) is 27.3 Å². The van der Waals surface area contributed by atoms with E-state index in [0.29, 0.717) is 6.04 Å². The number of carboxylic acids is 1. The van der Waals surface area contributed by atoms with Crippen LogP contribution >= 0.6 is 11.3 Å². The number of aliphatic carboxylic acids is 1. The van der Waals surface area contributed by atoms with Gasteiger partial charge in [0.15, 0.2) is 0 Å². The van der Waals surface area contributed by atoms with Crippen molar-refractivity contribution in [3.8, 4) is 0 Å². The van der Waals surface area contributed by atoms with E-state index < -0.39 is 5.97 Å². The fourth-order valence-electron chi connectivity index (χ4n) is 2.24. The minimum Gasteiger partial charge on any atom is -0.481 e. The van der Waals surface area contributed by atoms with Crippen molar-refractivity contribution in [2.45, 2.75) is 57.9 Å². The van der Waals surface area contributed by atoms with Crippen LogP contribution in [0.4, 0.5) is 5.13 Å². The number of hydrogen-bond donors (Lipinski definition) is 2. The second kappa shape index (κ2) is 5.45. The van der Waals surface area contributed by atoms with Gasteiger partial charge >= 0.3 is 5.97 Å². The van der Waals surface area contributed by atoms with Crippen LogP contribution in [0.2, 0.25) is 0 Å². The molecular formula is C13H21N3O2S. The van der Waals surface area contributed by atoms with Gasteiger partial charge in [-0.15, -0.1) is 10.2 Å². The molecule has 1 aliphatic carbocycles. The predicted octanol–water partition coefficient (Wildman–Crippen LogP) is 2.89. The lowest BCUT2D eigenvalue weighted by Crippen LogP contribution is -2.29. The number of aromatic nitrogens is 2. The minimum atomic E-state index is -0.663. The summed E-state index contributed by atoms with van der Waals surface area (Å²) in [4.78, 5) is 10.9. The van der Waals surface area contributed by atoms with E-state index in [2.05, 4.69) is 36.3 Å². The van der Waals surface area contributed by atoms with Crippen LogP contribution in [0.1, 0.15) is 51.5 Å². The molecule has 6 heteroatoms. The zero-order chi connectivity index (χ0) is 14.0. The van der Waals surface area contributed by atoms with E-state index in [9.17, 15) is 4.79 Å². The number of nitrogens with one attached hydrogen (secondary N) is 1. The van der Waals surface area contributed by atoms with Crippen molar-refractivity contribution >= 4 is 22.4 Å². The van der Waals surface area contributed by atoms with E-state index >= 15 is 0 Å². The average molecular weight is 283 g/mol. The normalized spacial score (nSPS) is 24.2. The van der Waals surface area contributed by atoms with E-state index in [1.807, 2.05) is 0 Å². The lowest BCUT2D eigenvalue weighted by Gasteiger charge is -2.26. The molecule has 0 amide bonds. The van der Waals surface area contributed by atoms with E-state index in [1.165, 1.54) is 0 Å². The van der Waals surface area contributed by atoms with Gasteiger partial charge in [0.25, 0.3) is 0 Å². The van der Waals surface area contributed by atoms with Gasteiger partial charge < -0.3 is 10.4 Å². The van der Waals surface area contributed by atoms with Gasteiger partial charge in [0, 0.05) is 11.5 Å². The highest BCUT2D eigenvalue weighted by Crippen LogP contribution is 2.31. The zero-order valence-electron chi connectivity index (χ0n) is 11.6. The summed E-state index contributed by atoms with van der Waals surface area (Å²) in [7, 11) is 0. The Balaban J connectivity index is 1.89. The van der Waals surface area contributed by atoms with Gasteiger partial charge in [0.1, 0.15) is 5.01 Å². The molecule has 0 spiro atoms. The van der Waals surface area contributed by atoms with E-state index in [1.54, 1.807) is 11.3 Å². The largest absolute Gasteiger partial charge is 0.481 e. The van der Waals surface area contributed by atoms with Crippen molar-refractivity contribution in [2.75, 3.05) is 5.32 Å². The Morgan fingerprint density at radius 2 is 1.89 bits per heavy atom. The van der Waals surface area contributed by atoms with Gasteiger partial charge in [0.05, 0.1) is 5.92 Å². The first-order valence-corrected chi connectivity index (χ1v) is 7.51. The van der Waals surface area contributed by atoms with E-state index in [4.69, 9.17) is 5.11 Å². The van der Waals surface area contributed by atoms with Crippen molar-refractivity contribution < 1.29 is 9.90 Å². The lowest BCUT2D eigenvalue weighted by molar-refractivity contribution is -0.142. The Hall–Kier alpha value is -1.17. The molecule has 1 aliphatic rings. The first-order valence-electron chi connectivity index (χ1n) is 6.69. The van der Waals surface area contributed by atoms with Crippen LogP contribution in [0.15, 0.2) is 0 Å².